The van der Waals surface area contributed by atoms with Gasteiger partial charge in [0.05, 0.1) is 18.0 Å². The zero-order chi connectivity index (χ0) is 17.8. The van der Waals surface area contributed by atoms with Crippen LogP contribution in [0.1, 0.15) is 17.2 Å². The Kier molecular flexibility index (Phi) is 5.21. The summed E-state index contributed by atoms with van der Waals surface area (Å²) in [6.45, 7) is 0.770. The van der Waals surface area contributed by atoms with E-state index in [4.69, 9.17) is 0 Å². The molecule has 4 nitrogen and oxygen atoms in total. The summed E-state index contributed by atoms with van der Waals surface area (Å²) >= 11 is 0. The number of aliphatic hydroxyl groups is 1. The molecule has 3 rings (SSSR count). The lowest BCUT2D eigenvalue weighted by atomic mass is 10.1. The van der Waals surface area contributed by atoms with E-state index in [0.717, 1.165) is 23.4 Å². The molecule has 0 saturated carbocycles. The monoisotopic (exact) mass is 343 g/mol. The van der Waals surface area contributed by atoms with Crippen LogP contribution in [0.5, 0.6) is 0 Å². The van der Waals surface area contributed by atoms with Gasteiger partial charge in [0, 0.05) is 36.5 Å². The smallest absolute Gasteiger partial charge is 0.131 e. The maximum absolute atomic E-state index is 13.7. The molecule has 2 aromatic carbocycles. The Balaban J connectivity index is 1.63. The predicted octanol–water partition coefficient (Wildman–Crippen LogP) is 3.32. The standard InChI is InChI=1S/C19H19F2N3O/c1-23(13-19(25)17-8-7-15(20)9-18(17)21)11-14-10-22-24(12-14)16-5-3-2-4-6-16/h2-10,12,19,25H,11,13H2,1H3. The first-order valence-electron chi connectivity index (χ1n) is 7.93. The third kappa shape index (κ3) is 4.29. The normalized spacial score (nSPS) is 12.5. The Labute approximate surface area is 144 Å². The molecule has 1 heterocycles. The van der Waals surface area contributed by atoms with Gasteiger partial charge in [-0.05, 0) is 25.2 Å². The number of hydrogen-bond donors (Lipinski definition) is 1. The Bertz CT molecular complexity index is 836. The van der Waals surface area contributed by atoms with Gasteiger partial charge in [-0.2, -0.15) is 5.10 Å². The highest BCUT2D eigenvalue weighted by atomic mass is 19.1. The van der Waals surface area contributed by atoms with Crippen LogP contribution in [0.2, 0.25) is 0 Å². The average molecular weight is 343 g/mol. The Morgan fingerprint density at radius 3 is 2.64 bits per heavy atom. The highest BCUT2D eigenvalue weighted by Gasteiger charge is 2.16. The third-order valence-corrected chi connectivity index (χ3v) is 3.92. The molecular weight excluding hydrogens is 324 g/mol. The van der Waals surface area contributed by atoms with E-state index in [1.54, 1.807) is 10.9 Å². The molecule has 130 valence electrons. The highest BCUT2D eigenvalue weighted by Crippen LogP contribution is 2.19. The molecule has 0 fully saturated rings. The molecule has 1 atom stereocenters. The number of likely N-dealkylation sites (N-methyl/N-ethyl adjacent to an activating group) is 1. The molecule has 6 heteroatoms. The summed E-state index contributed by atoms with van der Waals surface area (Å²) in [5, 5.41) is 14.5. The lowest BCUT2D eigenvalue weighted by Crippen LogP contribution is -2.24. The molecule has 0 bridgehead atoms. The van der Waals surface area contributed by atoms with Crippen molar-refractivity contribution in [1.82, 2.24) is 14.7 Å². The number of benzene rings is 2. The summed E-state index contributed by atoms with van der Waals surface area (Å²) in [7, 11) is 1.82. The Morgan fingerprint density at radius 1 is 1.16 bits per heavy atom. The van der Waals surface area contributed by atoms with E-state index in [1.807, 2.05) is 48.5 Å². The second-order valence-corrected chi connectivity index (χ2v) is 6.01. The van der Waals surface area contributed by atoms with Crippen molar-refractivity contribution in [2.24, 2.45) is 0 Å². The molecule has 25 heavy (non-hydrogen) atoms. The van der Waals surface area contributed by atoms with Crippen molar-refractivity contribution in [3.63, 3.8) is 0 Å². The van der Waals surface area contributed by atoms with Crippen molar-refractivity contribution in [2.75, 3.05) is 13.6 Å². The minimum Gasteiger partial charge on any atom is -0.387 e. The fourth-order valence-corrected chi connectivity index (χ4v) is 2.71. The van der Waals surface area contributed by atoms with Crippen LogP contribution < -0.4 is 0 Å². The first kappa shape index (κ1) is 17.3. The molecule has 0 aliphatic rings. The van der Waals surface area contributed by atoms with Gasteiger partial charge in [-0.3, -0.25) is 4.90 Å². The molecule has 0 radical (unpaired) electrons. The van der Waals surface area contributed by atoms with Crippen molar-refractivity contribution >= 4 is 0 Å². The maximum Gasteiger partial charge on any atom is 0.131 e. The second kappa shape index (κ2) is 7.55. The van der Waals surface area contributed by atoms with Gasteiger partial charge in [0.2, 0.25) is 0 Å². The first-order valence-corrected chi connectivity index (χ1v) is 7.93. The van der Waals surface area contributed by atoms with Crippen molar-refractivity contribution < 1.29 is 13.9 Å². The van der Waals surface area contributed by atoms with Gasteiger partial charge < -0.3 is 5.11 Å². The van der Waals surface area contributed by atoms with Gasteiger partial charge in [-0.15, -0.1) is 0 Å². The number of rotatable bonds is 6. The van der Waals surface area contributed by atoms with Crippen LogP contribution in [0.15, 0.2) is 60.9 Å². The molecule has 3 aromatic rings. The molecule has 1 aromatic heterocycles. The van der Waals surface area contributed by atoms with E-state index in [9.17, 15) is 13.9 Å². The lowest BCUT2D eigenvalue weighted by molar-refractivity contribution is 0.120. The minimum atomic E-state index is -1.03. The first-order chi connectivity index (χ1) is 12.0. The zero-order valence-corrected chi connectivity index (χ0v) is 13.8. The van der Waals surface area contributed by atoms with Crippen LogP contribution in [-0.2, 0) is 6.54 Å². The number of aliphatic hydroxyl groups excluding tert-OH is 1. The molecule has 0 aliphatic carbocycles. The van der Waals surface area contributed by atoms with Gasteiger partial charge in [-0.25, -0.2) is 13.5 Å². The van der Waals surface area contributed by atoms with Crippen molar-refractivity contribution in [2.45, 2.75) is 12.6 Å². The zero-order valence-electron chi connectivity index (χ0n) is 13.8. The van der Waals surface area contributed by atoms with E-state index in [0.29, 0.717) is 6.54 Å². The van der Waals surface area contributed by atoms with E-state index >= 15 is 0 Å². The van der Waals surface area contributed by atoms with Crippen molar-refractivity contribution in [1.29, 1.82) is 0 Å². The summed E-state index contributed by atoms with van der Waals surface area (Å²) in [4.78, 5) is 1.86. The summed E-state index contributed by atoms with van der Waals surface area (Å²) in [5.74, 6) is -1.40. The minimum absolute atomic E-state index is 0.0910. The van der Waals surface area contributed by atoms with Crippen molar-refractivity contribution in [3.05, 3.63) is 83.7 Å². The van der Waals surface area contributed by atoms with Gasteiger partial charge in [-0.1, -0.05) is 24.3 Å². The third-order valence-electron chi connectivity index (χ3n) is 3.92. The summed E-state index contributed by atoms with van der Waals surface area (Å²) < 4.78 is 28.5. The second-order valence-electron chi connectivity index (χ2n) is 6.01. The number of halogens is 2. The molecule has 0 saturated heterocycles. The van der Waals surface area contributed by atoms with Gasteiger partial charge in [0.1, 0.15) is 11.6 Å². The molecule has 0 aliphatic heterocycles. The number of aromatic nitrogens is 2. The molecule has 1 N–H and O–H groups in total. The molecular formula is C19H19F2N3O. The fourth-order valence-electron chi connectivity index (χ4n) is 2.71. The topological polar surface area (TPSA) is 41.3 Å². The Hall–Kier alpha value is -2.57. The lowest BCUT2D eigenvalue weighted by Gasteiger charge is -2.20. The van der Waals surface area contributed by atoms with Gasteiger partial charge in [0.15, 0.2) is 0 Å². The number of hydrogen-bond acceptors (Lipinski definition) is 3. The SMILES string of the molecule is CN(Cc1cnn(-c2ccccc2)c1)CC(O)c1ccc(F)cc1F. The van der Waals surface area contributed by atoms with Crippen LogP contribution in [0.25, 0.3) is 5.69 Å². The highest BCUT2D eigenvalue weighted by molar-refractivity contribution is 5.30. The van der Waals surface area contributed by atoms with Crippen LogP contribution in [0, 0.1) is 11.6 Å². The maximum atomic E-state index is 13.7. The molecule has 1 unspecified atom stereocenters. The summed E-state index contributed by atoms with van der Waals surface area (Å²) in [5.41, 5.74) is 2.02. The molecule has 0 spiro atoms. The Morgan fingerprint density at radius 2 is 1.92 bits per heavy atom. The van der Waals surface area contributed by atoms with Crippen molar-refractivity contribution in [3.8, 4) is 5.69 Å². The number of nitrogens with zero attached hydrogens (tertiary/aromatic N) is 3. The van der Waals surface area contributed by atoms with Crippen LogP contribution >= 0.6 is 0 Å². The van der Waals surface area contributed by atoms with Crippen LogP contribution in [0.3, 0.4) is 0 Å². The van der Waals surface area contributed by atoms with E-state index in [1.165, 1.54) is 6.07 Å². The largest absolute Gasteiger partial charge is 0.387 e. The van der Waals surface area contributed by atoms with Gasteiger partial charge >= 0.3 is 0 Å². The quantitative estimate of drug-likeness (QED) is 0.746. The van der Waals surface area contributed by atoms with Crippen LogP contribution in [-0.4, -0.2) is 33.4 Å². The molecule has 0 amide bonds. The summed E-state index contributed by atoms with van der Waals surface area (Å²) in [6.07, 6.45) is 2.64. The fraction of sp³-hybridized carbons (Fsp3) is 0.211. The van der Waals surface area contributed by atoms with Crippen LogP contribution in [0.4, 0.5) is 8.78 Å². The van der Waals surface area contributed by atoms with Gasteiger partial charge in [0.25, 0.3) is 0 Å². The van der Waals surface area contributed by atoms with E-state index in [-0.39, 0.29) is 12.1 Å². The average Bonchev–Trinajstić information content (AvgIpc) is 3.03. The van der Waals surface area contributed by atoms with E-state index < -0.39 is 17.7 Å². The predicted molar refractivity (Wildman–Crippen MR) is 91.2 cm³/mol. The summed E-state index contributed by atoms with van der Waals surface area (Å²) in [6, 6.07) is 12.9. The van der Waals surface area contributed by atoms with E-state index in [2.05, 4.69) is 5.10 Å². The number of para-hydroxylation sites is 1.